The molecule has 1 aromatic rings. The van der Waals surface area contributed by atoms with Crippen LogP contribution in [0, 0.1) is 0 Å². The second-order valence-electron chi connectivity index (χ2n) is 5.44. The minimum atomic E-state index is 0.0428. The molecule has 1 aliphatic rings. The van der Waals surface area contributed by atoms with Crippen LogP contribution < -0.4 is 15.8 Å². The van der Waals surface area contributed by atoms with Crippen LogP contribution in [0.4, 0.5) is 0 Å². The number of amides is 1. The maximum Gasteiger partial charge on any atom is 0.234 e. The number of rotatable bonds is 6. The smallest absolute Gasteiger partial charge is 0.234 e. The average molecular weight is 291 g/mol. The van der Waals surface area contributed by atoms with Gasteiger partial charge in [-0.25, -0.2) is 0 Å². The Bertz CT molecular complexity index is 465. The first kappa shape index (κ1) is 15.8. The lowest BCUT2D eigenvalue weighted by molar-refractivity contribution is -0.123. The van der Waals surface area contributed by atoms with Crippen LogP contribution in [-0.4, -0.2) is 43.6 Å². The van der Waals surface area contributed by atoms with E-state index in [0.29, 0.717) is 25.7 Å². The van der Waals surface area contributed by atoms with Gasteiger partial charge in [0.1, 0.15) is 5.75 Å². The molecule has 5 nitrogen and oxygen atoms in total. The van der Waals surface area contributed by atoms with Crippen LogP contribution in [0.5, 0.6) is 5.75 Å². The third-order valence-electron chi connectivity index (χ3n) is 4.04. The summed E-state index contributed by atoms with van der Waals surface area (Å²) in [7, 11) is 1.64. The zero-order valence-electron chi connectivity index (χ0n) is 12.7. The van der Waals surface area contributed by atoms with E-state index in [4.69, 9.17) is 10.5 Å². The van der Waals surface area contributed by atoms with E-state index >= 15 is 0 Å². The number of hydrogen-bond donors (Lipinski definition) is 2. The van der Waals surface area contributed by atoms with E-state index in [0.717, 1.165) is 30.7 Å². The number of para-hydroxylation sites is 1. The summed E-state index contributed by atoms with van der Waals surface area (Å²) in [5.41, 5.74) is 6.77. The number of nitrogens with zero attached hydrogens (tertiary/aromatic N) is 1. The average Bonchev–Trinajstić information content (AvgIpc) is 2.53. The third-order valence-corrected chi connectivity index (χ3v) is 4.04. The van der Waals surface area contributed by atoms with Crippen molar-refractivity contribution in [3.8, 4) is 5.75 Å². The number of carbonyl (C=O) groups excluding carboxylic acids is 1. The van der Waals surface area contributed by atoms with Crippen LogP contribution in [0.3, 0.4) is 0 Å². The highest BCUT2D eigenvalue weighted by atomic mass is 16.5. The number of benzene rings is 1. The number of carbonyl (C=O) groups is 1. The molecule has 0 aromatic heterocycles. The summed E-state index contributed by atoms with van der Waals surface area (Å²) in [5.74, 6) is 0.844. The normalized spacial score (nSPS) is 19.2. The summed E-state index contributed by atoms with van der Waals surface area (Å²) in [4.78, 5) is 14.3. The summed E-state index contributed by atoms with van der Waals surface area (Å²) in [6.45, 7) is 2.50. The Kier molecular flexibility index (Phi) is 6.02. The molecule has 1 saturated heterocycles. The maximum atomic E-state index is 12.1. The van der Waals surface area contributed by atoms with E-state index in [-0.39, 0.29) is 5.91 Å². The predicted octanol–water partition coefficient (Wildman–Crippen LogP) is 1.12. The quantitative estimate of drug-likeness (QED) is 0.824. The molecular formula is C16H25N3O2. The van der Waals surface area contributed by atoms with Gasteiger partial charge in [0.15, 0.2) is 0 Å². The van der Waals surface area contributed by atoms with Gasteiger partial charge in [0.2, 0.25) is 5.91 Å². The van der Waals surface area contributed by atoms with Crippen molar-refractivity contribution >= 4 is 5.91 Å². The van der Waals surface area contributed by atoms with E-state index in [9.17, 15) is 4.79 Å². The minimum absolute atomic E-state index is 0.0428. The van der Waals surface area contributed by atoms with Crippen molar-refractivity contribution < 1.29 is 9.53 Å². The van der Waals surface area contributed by atoms with Gasteiger partial charge in [-0.1, -0.05) is 24.6 Å². The molecule has 1 aromatic carbocycles. The summed E-state index contributed by atoms with van der Waals surface area (Å²) >= 11 is 0. The number of ether oxygens (including phenoxy) is 1. The fourth-order valence-corrected chi connectivity index (χ4v) is 2.82. The molecule has 116 valence electrons. The highest BCUT2D eigenvalue weighted by molar-refractivity contribution is 5.78. The van der Waals surface area contributed by atoms with Crippen LogP contribution in [0.25, 0.3) is 0 Å². The maximum absolute atomic E-state index is 12.1. The lowest BCUT2D eigenvalue weighted by Gasteiger charge is -2.34. The van der Waals surface area contributed by atoms with Crippen molar-refractivity contribution in [2.75, 3.05) is 26.7 Å². The van der Waals surface area contributed by atoms with Crippen LogP contribution in [-0.2, 0) is 11.3 Å². The lowest BCUT2D eigenvalue weighted by atomic mass is 10.0. The van der Waals surface area contributed by atoms with Gasteiger partial charge >= 0.3 is 0 Å². The SMILES string of the molecule is COc1ccccc1CNC(=O)CN1CCCCC1CN. The highest BCUT2D eigenvalue weighted by Crippen LogP contribution is 2.17. The molecule has 1 aliphatic heterocycles. The monoisotopic (exact) mass is 291 g/mol. The highest BCUT2D eigenvalue weighted by Gasteiger charge is 2.22. The van der Waals surface area contributed by atoms with Crippen molar-refractivity contribution in [1.82, 2.24) is 10.2 Å². The molecule has 0 radical (unpaired) electrons. The molecule has 0 aliphatic carbocycles. The number of nitrogens with two attached hydrogens (primary N) is 1. The third kappa shape index (κ3) is 4.44. The largest absolute Gasteiger partial charge is 0.496 e. The first-order valence-electron chi connectivity index (χ1n) is 7.57. The Balaban J connectivity index is 1.84. The summed E-state index contributed by atoms with van der Waals surface area (Å²) in [6.07, 6.45) is 3.45. The first-order valence-corrected chi connectivity index (χ1v) is 7.57. The van der Waals surface area contributed by atoms with Crippen molar-refractivity contribution in [1.29, 1.82) is 0 Å². The molecule has 3 N–H and O–H groups in total. The van der Waals surface area contributed by atoms with Gasteiger partial charge in [-0.2, -0.15) is 0 Å². The standard InChI is InChI=1S/C16H25N3O2/c1-21-15-8-3-2-6-13(15)11-18-16(20)12-19-9-5-4-7-14(19)10-17/h2-3,6,8,14H,4-5,7,9-12,17H2,1H3,(H,18,20). The van der Waals surface area contributed by atoms with Crippen LogP contribution in [0.15, 0.2) is 24.3 Å². The number of hydrogen-bond acceptors (Lipinski definition) is 4. The molecule has 1 fully saturated rings. The molecule has 0 spiro atoms. The van der Waals surface area contributed by atoms with Crippen LogP contribution >= 0.6 is 0 Å². The Hall–Kier alpha value is -1.59. The summed E-state index contributed by atoms with van der Waals surface area (Å²) in [6, 6.07) is 8.07. The molecule has 1 heterocycles. The number of nitrogens with one attached hydrogen (secondary N) is 1. The Morgan fingerprint density at radius 1 is 1.43 bits per heavy atom. The minimum Gasteiger partial charge on any atom is -0.496 e. The predicted molar refractivity (Wildman–Crippen MR) is 83.1 cm³/mol. The van der Waals surface area contributed by atoms with Crippen molar-refractivity contribution in [2.45, 2.75) is 31.8 Å². The second-order valence-corrected chi connectivity index (χ2v) is 5.44. The number of methoxy groups -OCH3 is 1. The van der Waals surface area contributed by atoms with E-state index in [1.807, 2.05) is 24.3 Å². The molecule has 1 atom stereocenters. The van der Waals surface area contributed by atoms with Crippen molar-refractivity contribution in [2.24, 2.45) is 5.73 Å². The molecule has 1 amide bonds. The molecule has 0 bridgehead atoms. The molecular weight excluding hydrogens is 266 g/mol. The Labute approximate surface area is 126 Å². The van der Waals surface area contributed by atoms with Gasteiger partial charge in [-0.05, 0) is 25.5 Å². The summed E-state index contributed by atoms with van der Waals surface area (Å²) in [5, 5.41) is 2.96. The van der Waals surface area contributed by atoms with Gasteiger partial charge in [0.25, 0.3) is 0 Å². The van der Waals surface area contributed by atoms with Gasteiger partial charge in [0, 0.05) is 24.7 Å². The van der Waals surface area contributed by atoms with Gasteiger partial charge in [-0.15, -0.1) is 0 Å². The number of likely N-dealkylation sites (tertiary alicyclic amines) is 1. The van der Waals surface area contributed by atoms with Gasteiger partial charge in [-0.3, -0.25) is 9.69 Å². The Morgan fingerprint density at radius 3 is 3.00 bits per heavy atom. The Morgan fingerprint density at radius 2 is 2.24 bits per heavy atom. The zero-order chi connectivity index (χ0) is 15.1. The zero-order valence-corrected chi connectivity index (χ0v) is 12.7. The second kappa shape index (κ2) is 8.00. The molecule has 0 saturated carbocycles. The molecule has 1 unspecified atom stereocenters. The lowest BCUT2D eigenvalue weighted by Crippen LogP contribution is -2.48. The molecule has 2 rings (SSSR count). The van der Waals surface area contributed by atoms with Crippen molar-refractivity contribution in [3.05, 3.63) is 29.8 Å². The first-order chi connectivity index (χ1) is 10.2. The van der Waals surface area contributed by atoms with E-state index < -0.39 is 0 Å². The van der Waals surface area contributed by atoms with E-state index in [1.165, 1.54) is 6.42 Å². The fraction of sp³-hybridized carbons (Fsp3) is 0.562. The van der Waals surface area contributed by atoms with Crippen LogP contribution in [0.1, 0.15) is 24.8 Å². The van der Waals surface area contributed by atoms with Gasteiger partial charge < -0.3 is 15.8 Å². The molecule has 5 heteroatoms. The number of piperidine rings is 1. The topological polar surface area (TPSA) is 67.6 Å². The fourth-order valence-electron chi connectivity index (χ4n) is 2.82. The van der Waals surface area contributed by atoms with E-state index in [1.54, 1.807) is 7.11 Å². The van der Waals surface area contributed by atoms with Gasteiger partial charge in [0.05, 0.1) is 13.7 Å². The van der Waals surface area contributed by atoms with Crippen molar-refractivity contribution in [3.63, 3.8) is 0 Å². The molecule has 21 heavy (non-hydrogen) atoms. The summed E-state index contributed by atoms with van der Waals surface area (Å²) < 4.78 is 5.28. The van der Waals surface area contributed by atoms with E-state index in [2.05, 4.69) is 10.2 Å². The van der Waals surface area contributed by atoms with Crippen LogP contribution in [0.2, 0.25) is 0 Å².